The Morgan fingerprint density at radius 2 is 1.91 bits per heavy atom. The highest BCUT2D eigenvalue weighted by atomic mass is 35.5. The third-order valence-corrected chi connectivity index (χ3v) is 8.23. The number of H-pyrrole nitrogens is 2. The van der Waals surface area contributed by atoms with Crippen molar-refractivity contribution in [3.05, 3.63) is 93.5 Å². The lowest BCUT2D eigenvalue weighted by Gasteiger charge is -2.17. The summed E-state index contributed by atoms with van der Waals surface area (Å²) < 4.78 is 16.6. The molecule has 0 radical (unpaired) electrons. The van der Waals surface area contributed by atoms with Crippen molar-refractivity contribution in [1.29, 1.82) is 0 Å². The van der Waals surface area contributed by atoms with E-state index in [-0.39, 0.29) is 17.0 Å². The van der Waals surface area contributed by atoms with E-state index < -0.39 is 11.5 Å². The Kier molecular flexibility index (Phi) is 10.7. The first-order valence-electron chi connectivity index (χ1n) is 15.4. The predicted octanol–water partition coefficient (Wildman–Crippen LogP) is 4.89. The smallest absolute Gasteiger partial charge is 0.354 e. The molecule has 2 atom stereocenters. The quantitative estimate of drug-likeness (QED) is 0.0691. The summed E-state index contributed by atoms with van der Waals surface area (Å²) in [6.45, 7) is 3.23. The van der Waals surface area contributed by atoms with E-state index >= 15 is 4.39 Å². The van der Waals surface area contributed by atoms with Gasteiger partial charge in [-0.15, -0.1) is 0 Å². The van der Waals surface area contributed by atoms with Crippen molar-refractivity contribution in [2.45, 2.75) is 51.5 Å². The standard InChI is InChI=1S/C33H40ClFN10O/c1-20(36)3-2-4-23-15-26(29(35)27(34)16-23)28-17-24-19-45(33(46)44-30(24)43-28)25-9-7-21(8-10-25)5-6-22(11-12-39-31(37)38)18-42-32-40-13-14-41-32/h7-10,13-17,19-20,22H,2-6,11-12,18,36H2,1H3,(H4,37,38,39)(H2,40,41,42)(H,43,44,46)/t20-,22+/m0/s1. The molecular formula is C33H40ClFN10O. The fourth-order valence-electron chi connectivity index (χ4n) is 5.46. The average molecular weight is 647 g/mol. The molecule has 0 unspecified atom stereocenters. The first-order chi connectivity index (χ1) is 22.2. The molecule has 0 saturated heterocycles. The van der Waals surface area contributed by atoms with Gasteiger partial charge in [0.25, 0.3) is 0 Å². The van der Waals surface area contributed by atoms with E-state index in [0.717, 1.165) is 62.1 Å². The van der Waals surface area contributed by atoms with Gasteiger partial charge in [0.2, 0.25) is 0 Å². The lowest BCUT2D eigenvalue weighted by Crippen LogP contribution is -2.24. The number of aromatic nitrogens is 5. The first kappa shape index (κ1) is 32.7. The maximum Gasteiger partial charge on any atom is 0.354 e. The van der Waals surface area contributed by atoms with Crippen LogP contribution in [-0.2, 0) is 12.8 Å². The molecule has 11 nitrogen and oxygen atoms in total. The number of rotatable bonds is 15. The van der Waals surface area contributed by atoms with Gasteiger partial charge in [-0.05, 0) is 92.8 Å². The minimum absolute atomic E-state index is 0.0495. The van der Waals surface area contributed by atoms with Crippen molar-refractivity contribution >= 4 is 34.5 Å². The number of nitrogens with zero attached hydrogens (tertiary/aromatic N) is 4. The number of aromatic amines is 2. The summed E-state index contributed by atoms with van der Waals surface area (Å²) in [5.41, 5.74) is 20.4. The van der Waals surface area contributed by atoms with Gasteiger partial charge in [0, 0.05) is 48.7 Å². The molecule has 5 rings (SSSR count). The Balaban J connectivity index is 1.30. The molecule has 0 aliphatic heterocycles. The van der Waals surface area contributed by atoms with Crippen molar-refractivity contribution < 1.29 is 4.39 Å². The molecule has 0 amide bonds. The number of benzene rings is 2. The largest absolute Gasteiger partial charge is 0.370 e. The molecular weight excluding hydrogens is 607 g/mol. The van der Waals surface area contributed by atoms with Crippen LogP contribution in [-0.4, -0.2) is 49.6 Å². The molecule has 0 fully saturated rings. The fraction of sp³-hybridized carbons (Fsp3) is 0.333. The van der Waals surface area contributed by atoms with E-state index in [4.69, 9.17) is 28.8 Å². The molecule has 13 heteroatoms. The van der Waals surface area contributed by atoms with Gasteiger partial charge in [-0.25, -0.2) is 14.2 Å². The van der Waals surface area contributed by atoms with Crippen LogP contribution < -0.4 is 28.2 Å². The van der Waals surface area contributed by atoms with Crippen LogP contribution in [0.3, 0.4) is 0 Å². The summed E-state index contributed by atoms with van der Waals surface area (Å²) in [5.74, 6) is 0.587. The molecule has 3 heterocycles. The molecule has 0 aliphatic rings. The van der Waals surface area contributed by atoms with Gasteiger partial charge >= 0.3 is 5.69 Å². The summed E-state index contributed by atoms with van der Waals surface area (Å²) in [7, 11) is 0. The number of aliphatic imine (C=N–C) groups is 1. The zero-order valence-corrected chi connectivity index (χ0v) is 26.5. The van der Waals surface area contributed by atoms with Crippen molar-refractivity contribution in [3.63, 3.8) is 0 Å². The van der Waals surface area contributed by atoms with E-state index in [9.17, 15) is 4.79 Å². The third-order valence-electron chi connectivity index (χ3n) is 7.96. The van der Waals surface area contributed by atoms with Gasteiger partial charge in [-0.3, -0.25) is 9.56 Å². The zero-order valence-electron chi connectivity index (χ0n) is 25.8. The van der Waals surface area contributed by atoms with Crippen LogP contribution in [0.2, 0.25) is 5.02 Å². The normalized spacial score (nSPS) is 12.7. The number of fused-ring (bicyclic) bond motifs is 1. The SMILES string of the molecule is C[C@H](N)CCCc1cc(Cl)c(F)c(-c2cc3cn(-c4ccc(CC[C@H](CCN=C(N)N)CNc5ncc[nH]5)cc4)c(=O)nc3[nH]2)c1. The van der Waals surface area contributed by atoms with Crippen LogP contribution in [0.1, 0.15) is 43.7 Å². The predicted molar refractivity (Wildman–Crippen MR) is 183 cm³/mol. The molecule has 3 aromatic heterocycles. The minimum atomic E-state index is -0.523. The maximum absolute atomic E-state index is 15.1. The van der Waals surface area contributed by atoms with E-state index in [2.05, 4.69) is 30.2 Å². The van der Waals surface area contributed by atoms with E-state index in [1.807, 2.05) is 31.2 Å². The lowest BCUT2D eigenvalue weighted by atomic mass is 9.96. The Bertz CT molecular complexity index is 1830. The van der Waals surface area contributed by atoms with Gasteiger partial charge in [0.1, 0.15) is 5.65 Å². The van der Waals surface area contributed by atoms with Crippen molar-refractivity contribution in [2.24, 2.45) is 28.1 Å². The van der Waals surface area contributed by atoms with Crippen LogP contribution in [0.5, 0.6) is 0 Å². The van der Waals surface area contributed by atoms with E-state index in [1.165, 1.54) is 4.57 Å². The van der Waals surface area contributed by atoms with Crippen LogP contribution in [0.25, 0.3) is 28.0 Å². The van der Waals surface area contributed by atoms with E-state index in [0.29, 0.717) is 40.4 Å². The Morgan fingerprint density at radius 3 is 2.63 bits per heavy atom. The Morgan fingerprint density at radius 1 is 1.11 bits per heavy atom. The topological polar surface area (TPSA) is 182 Å². The highest BCUT2D eigenvalue weighted by molar-refractivity contribution is 6.31. The molecule has 5 aromatic rings. The number of nitrogens with two attached hydrogens (primary N) is 3. The van der Waals surface area contributed by atoms with Crippen molar-refractivity contribution in [1.82, 2.24) is 24.5 Å². The van der Waals surface area contributed by atoms with Crippen LogP contribution >= 0.6 is 11.6 Å². The number of hydrogen-bond donors (Lipinski definition) is 6. The van der Waals surface area contributed by atoms with Crippen LogP contribution in [0, 0.1) is 11.7 Å². The summed E-state index contributed by atoms with van der Waals surface area (Å²) in [4.78, 5) is 31.8. The van der Waals surface area contributed by atoms with Gasteiger partial charge in [-0.1, -0.05) is 23.7 Å². The maximum atomic E-state index is 15.1. The molecule has 0 aliphatic carbocycles. The summed E-state index contributed by atoms with van der Waals surface area (Å²) in [5, 5.41) is 4.05. The van der Waals surface area contributed by atoms with Gasteiger partial charge < -0.3 is 32.5 Å². The fourth-order valence-corrected chi connectivity index (χ4v) is 5.70. The third kappa shape index (κ3) is 8.52. The highest BCUT2D eigenvalue weighted by Crippen LogP contribution is 2.31. The second-order valence-electron chi connectivity index (χ2n) is 11.7. The van der Waals surface area contributed by atoms with Crippen molar-refractivity contribution in [3.8, 4) is 16.9 Å². The second kappa shape index (κ2) is 15.1. The average Bonchev–Trinajstić information content (AvgIpc) is 3.69. The summed E-state index contributed by atoms with van der Waals surface area (Å²) in [6.07, 6.45) is 10.2. The monoisotopic (exact) mass is 646 g/mol. The van der Waals surface area contributed by atoms with Gasteiger partial charge in [-0.2, -0.15) is 4.98 Å². The molecule has 2 aromatic carbocycles. The number of imidazole rings is 1. The number of nitrogens with one attached hydrogen (secondary N) is 3. The minimum Gasteiger partial charge on any atom is -0.370 e. The van der Waals surface area contributed by atoms with Gasteiger partial charge in [0.15, 0.2) is 17.7 Å². The molecule has 242 valence electrons. The molecule has 0 spiro atoms. The van der Waals surface area contributed by atoms with Gasteiger partial charge in [0.05, 0.1) is 16.4 Å². The Labute approximate surface area is 271 Å². The number of guanidine groups is 1. The van der Waals surface area contributed by atoms with Crippen molar-refractivity contribution in [2.75, 3.05) is 18.4 Å². The number of aryl methyl sites for hydroxylation is 2. The van der Waals surface area contributed by atoms with Crippen LogP contribution in [0.15, 0.2) is 70.8 Å². The number of anilines is 1. The Hall–Kier alpha value is -4.68. The zero-order chi connectivity index (χ0) is 32.6. The molecule has 0 saturated carbocycles. The summed E-state index contributed by atoms with van der Waals surface area (Å²) in [6, 6.07) is 13.1. The van der Waals surface area contributed by atoms with E-state index in [1.54, 1.807) is 36.8 Å². The number of hydrogen-bond acceptors (Lipinski definition) is 6. The first-order valence-corrected chi connectivity index (χ1v) is 15.8. The second-order valence-corrected chi connectivity index (χ2v) is 12.1. The van der Waals surface area contributed by atoms with Crippen LogP contribution in [0.4, 0.5) is 10.3 Å². The lowest BCUT2D eigenvalue weighted by molar-refractivity contribution is 0.479. The number of halogens is 2. The molecule has 0 bridgehead atoms. The molecule has 9 N–H and O–H groups in total. The highest BCUT2D eigenvalue weighted by Gasteiger charge is 2.16. The summed E-state index contributed by atoms with van der Waals surface area (Å²) >= 11 is 6.26. The molecule has 46 heavy (non-hydrogen) atoms.